The zero-order valence-corrected chi connectivity index (χ0v) is 23.6. The molecule has 4 N–H and O–H groups in total. The van der Waals surface area contributed by atoms with E-state index in [0.717, 1.165) is 35.5 Å². The van der Waals surface area contributed by atoms with E-state index in [1.165, 1.54) is 89.3 Å². The molecule has 4 heterocycles. The van der Waals surface area contributed by atoms with Gasteiger partial charge in [0, 0.05) is 23.9 Å². The first kappa shape index (κ1) is 23.9. The van der Waals surface area contributed by atoms with Crippen LogP contribution in [-0.4, -0.2) is 37.3 Å². The van der Waals surface area contributed by atoms with Gasteiger partial charge in [0.05, 0.1) is 12.1 Å². The fourth-order valence-corrected chi connectivity index (χ4v) is 11.7. The molecule has 9 aliphatic rings. The van der Waals surface area contributed by atoms with Crippen molar-refractivity contribution in [1.29, 1.82) is 0 Å². The van der Waals surface area contributed by atoms with Crippen LogP contribution in [0, 0.1) is 47.3 Å². The molecule has 2 saturated heterocycles. The molecule has 0 aromatic heterocycles. The minimum absolute atomic E-state index is 0.479. The first-order valence-electron chi connectivity index (χ1n) is 16.8. The Balaban J connectivity index is 0.993. The van der Waals surface area contributed by atoms with Gasteiger partial charge >= 0.3 is 0 Å². The number of allylic oxidation sites excluding steroid dienone is 1. The highest BCUT2D eigenvalue weighted by molar-refractivity contribution is 5.42. The molecule has 5 aliphatic carbocycles. The third kappa shape index (κ3) is 3.76. The molecule has 0 aromatic carbocycles. The van der Waals surface area contributed by atoms with Crippen LogP contribution < -0.4 is 21.3 Å². The summed E-state index contributed by atoms with van der Waals surface area (Å²) in [6.45, 7) is 2.46. The number of nitrogens with one attached hydrogen (secondary N) is 4. The quantitative estimate of drug-likeness (QED) is 0.369. The molecule has 0 amide bonds. The number of fused-ring (bicyclic) bond motifs is 7. The van der Waals surface area contributed by atoms with Crippen LogP contribution in [0.5, 0.6) is 0 Å². The van der Waals surface area contributed by atoms with Gasteiger partial charge in [-0.3, -0.25) is 0 Å². The molecule has 208 valence electrons. The third-order valence-electron chi connectivity index (χ3n) is 13.3. The van der Waals surface area contributed by atoms with Crippen molar-refractivity contribution in [2.24, 2.45) is 47.3 Å². The Morgan fingerprint density at radius 2 is 1.67 bits per heavy atom. The molecular formula is C35H48N4. The van der Waals surface area contributed by atoms with Crippen LogP contribution in [0.4, 0.5) is 0 Å². The maximum atomic E-state index is 4.01. The second-order valence-electron chi connectivity index (χ2n) is 14.7. The molecular weight excluding hydrogens is 476 g/mol. The smallest absolute Gasteiger partial charge is 0.0578 e. The zero-order valence-electron chi connectivity index (χ0n) is 23.6. The molecule has 12 atom stereocenters. The SMILES string of the molecule is C1=CC2C(C=C3C=CNC3C2C2=CCC3C(CC2)CCC2CCC(C4=C5CCNC5CC5CCNC45)CC23)N1. The summed E-state index contributed by atoms with van der Waals surface area (Å²) in [4.78, 5) is 0. The van der Waals surface area contributed by atoms with Gasteiger partial charge in [-0.15, -0.1) is 0 Å². The molecule has 0 aromatic rings. The van der Waals surface area contributed by atoms with Crippen molar-refractivity contribution in [3.63, 3.8) is 0 Å². The Morgan fingerprint density at radius 1 is 0.744 bits per heavy atom. The molecule has 4 nitrogen and oxygen atoms in total. The topological polar surface area (TPSA) is 48.1 Å². The Kier molecular flexibility index (Phi) is 5.74. The van der Waals surface area contributed by atoms with Crippen LogP contribution in [0.2, 0.25) is 0 Å². The summed E-state index contributed by atoms with van der Waals surface area (Å²) < 4.78 is 0. The Labute approximate surface area is 235 Å². The van der Waals surface area contributed by atoms with Gasteiger partial charge in [-0.05, 0) is 149 Å². The lowest BCUT2D eigenvalue weighted by Gasteiger charge is -2.49. The number of hydrogen-bond donors (Lipinski definition) is 4. The minimum atomic E-state index is 0.479. The van der Waals surface area contributed by atoms with Gasteiger partial charge in [0.2, 0.25) is 0 Å². The van der Waals surface area contributed by atoms with E-state index in [9.17, 15) is 0 Å². The van der Waals surface area contributed by atoms with Gasteiger partial charge < -0.3 is 21.3 Å². The molecule has 9 rings (SSSR count). The van der Waals surface area contributed by atoms with E-state index in [4.69, 9.17) is 0 Å². The summed E-state index contributed by atoms with van der Waals surface area (Å²) in [6.07, 6.45) is 30.2. The lowest BCUT2D eigenvalue weighted by molar-refractivity contribution is 0.0371. The van der Waals surface area contributed by atoms with Gasteiger partial charge in [-0.2, -0.15) is 0 Å². The average molecular weight is 525 g/mol. The second kappa shape index (κ2) is 9.38. The second-order valence-corrected chi connectivity index (χ2v) is 14.7. The van der Waals surface area contributed by atoms with Crippen molar-refractivity contribution in [1.82, 2.24) is 21.3 Å². The zero-order chi connectivity index (χ0) is 25.5. The van der Waals surface area contributed by atoms with Gasteiger partial charge in [-0.25, -0.2) is 0 Å². The van der Waals surface area contributed by atoms with Gasteiger partial charge in [0.25, 0.3) is 0 Å². The van der Waals surface area contributed by atoms with Crippen LogP contribution in [0.1, 0.15) is 70.6 Å². The monoisotopic (exact) mass is 524 g/mol. The van der Waals surface area contributed by atoms with Gasteiger partial charge in [-0.1, -0.05) is 29.4 Å². The van der Waals surface area contributed by atoms with Gasteiger partial charge in [0.15, 0.2) is 0 Å². The summed E-state index contributed by atoms with van der Waals surface area (Å²) in [6, 6.07) is 2.37. The van der Waals surface area contributed by atoms with Crippen molar-refractivity contribution < 1.29 is 0 Å². The largest absolute Gasteiger partial charge is 0.384 e. The normalized spacial score (nSPS) is 49.4. The fourth-order valence-electron chi connectivity index (χ4n) is 11.7. The Morgan fingerprint density at radius 3 is 2.64 bits per heavy atom. The van der Waals surface area contributed by atoms with Crippen LogP contribution in [0.25, 0.3) is 0 Å². The minimum Gasteiger partial charge on any atom is -0.384 e. The Hall–Kier alpha value is -1.78. The van der Waals surface area contributed by atoms with E-state index in [0.29, 0.717) is 36.0 Å². The van der Waals surface area contributed by atoms with E-state index in [1.54, 1.807) is 5.57 Å². The standard InChI is InChI=1S/C35H48N4/c1-2-21-4-6-23(33-28-12-16-37-31(28)19-25-10-14-39-35(25)33)17-29(21)26-8-7-22(5-3-20(1)26)32-27-11-15-36-30(27)18-24-9-13-38-34(24)32/h7,9,11,13,15,18,20-21,23,25-27,29-32,34-39H,1-6,8,10,12,14,16-17,19H2. The highest BCUT2D eigenvalue weighted by atomic mass is 15.0. The van der Waals surface area contributed by atoms with E-state index in [-0.39, 0.29) is 0 Å². The van der Waals surface area contributed by atoms with E-state index >= 15 is 0 Å². The Bertz CT molecular complexity index is 1160. The highest BCUT2D eigenvalue weighted by Crippen LogP contribution is 2.55. The molecule has 4 fully saturated rings. The van der Waals surface area contributed by atoms with Gasteiger partial charge in [0.1, 0.15) is 0 Å². The van der Waals surface area contributed by atoms with Crippen molar-refractivity contribution in [2.75, 3.05) is 13.1 Å². The predicted molar refractivity (Wildman–Crippen MR) is 158 cm³/mol. The molecule has 2 saturated carbocycles. The molecule has 4 heteroatoms. The maximum absolute atomic E-state index is 4.01. The first-order chi connectivity index (χ1) is 19.3. The number of rotatable bonds is 2. The fraction of sp³-hybridized carbons (Fsp3) is 0.714. The lowest BCUT2D eigenvalue weighted by atomic mass is 9.56. The van der Waals surface area contributed by atoms with Crippen molar-refractivity contribution in [3.8, 4) is 0 Å². The first-order valence-corrected chi connectivity index (χ1v) is 16.8. The van der Waals surface area contributed by atoms with Crippen molar-refractivity contribution in [2.45, 2.75) is 94.8 Å². The van der Waals surface area contributed by atoms with Crippen LogP contribution in [-0.2, 0) is 0 Å². The molecule has 4 aliphatic heterocycles. The van der Waals surface area contributed by atoms with Crippen LogP contribution in [0.3, 0.4) is 0 Å². The number of hydrogen-bond acceptors (Lipinski definition) is 4. The molecule has 0 bridgehead atoms. The summed E-state index contributed by atoms with van der Waals surface area (Å²) in [5, 5.41) is 15.3. The van der Waals surface area contributed by atoms with E-state index in [1.807, 2.05) is 11.1 Å². The summed E-state index contributed by atoms with van der Waals surface area (Å²) in [7, 11) is 0. The molecule has 0 spiro atoms. The predicted octanol–water partition coefficient (Wildman–Crippen LogP) is 5.34. The lowest BCUT2D eigenvalue weighted by Crippen LogP contribution is -2.45. The molecule has 12 unspecified atom stereocenters. The molecule has 39 heavy (non-hydrogen) atoms. The maximum Gasteiger partial charge on any atom is 0.0578 e. The van der Waals surface area contributed by atoms with Crippen LogP contribution >= 0.6 is 0 Å². The van der Waals surface area contributed by atoms with E-state index < -0.39 is 0 Å². The van der Waals surface area contributed by atoms with Crippen molar-refractivity contribution >= 4 is 0 Å². The van der Waals surface area contributed by atoms with Crippen molar-refractivity contribution in [3.05, 3.63) is 59.0 Å². The summed E-state index contributed by atoms with van der Waals surface area (Å²) in [5.41, 5.74) is 7.07. The average Bonchev–Trinajstić information content (AvgIpc) is 3.76. The van der Waals surface area contributed by atoms with Crippen LogP contribution in [0.15, 0.2) is 59.0 Å². The summed E-state index contributed by atoms with van der Waals surface area (Å²) >= 11 is 0. The highest BCUT2D eigenvalue weighted by Gasteiger charge is 2.49. The van der Waals surface area contributed by atoms with E-state index in [2.05, 4.69) is 58.0 Å². The molecule has 0 radical (unpaired) electrons. The third-order valence-corrected chi connectivity index (χ3v) is 13.3. The summed E-state index contributed by atoms with van der Waals surface area (Å²) in [5.74, 6) is 6.76.